The molecule has 2 rings (SSSR count). The molecule has 0 bridgehead atoms. The summed E-state index contributed by atoms with van der Waals surface area (Å²) in [5, 5.41) is 9.81. The van der Waals surface area contributed by atoms with Gasteiger partial charge >= 0.3 is 0 Å². The molecule has 26 heavy (non-hydrogen) atoms. The molecule has 0 aliphatic carbocycles. The molecule has 0 spiro atoms. The lowest BCUT2D eigenvalue weighted by Crippen LogP contribution is -2.46. The van der Waals surface area contributed by atoms with Gasteiger partial charge in [0, 0.05) is 65.2 Å². The summed E-state index contributed by atoms with van der Waals surface area (Å²) in [6.45, 7) is 8.82. The fraction of sp³-hybridized carbons (Fsp3) is 0.789. The SMILES string of the molecule is COCCN(C)C[C@@H]1C[C@@H](CO)CN(c2nc(N(C)C)nc(C)c2C)C1. The first kappa shape index (κ1) is 20.9. The topological polar surface area (TPSA) is 65.0 Å². The Labute approximate surface area is 158 Å². The zero-order valence-electron chi connectivity index (χ0n) is 17.2. The molecule has 2 atom stereocenters. The van der Waals surface area contributed by atoms with E-state index >= 15 is 0 Å². The number of methoxy groups -OCH3 is 1. The van der Waals surface area contributed by atoms with Crippen molar-refractivity contribution < 1.29 is 9.84 Å². The number of ether oxygens (including phenoxy) is 1. The quantitative estimate of drug-likeness (QED) is 0.742. The van der Waals surface area contributed by atoms with Gasteiger partial charge in [0.15, 0.2) is 0 Å². The largest absolute Gasteiger partial charge is 0.396 e. The van der Waals surface area contributed by atoms with E-state index in [9.17, 15) is 5.11 Å². The Balaban J connectivity index is 2.19. The Kier molecular flexibility index (Phi) is 7.61. The summed E-state index contributed by atoms with van der Waals surface area (Å²) in [5.74, 6) is 2.52. The number of rotatable bonds is 8. The number of anilines is 2. The second kappa shape index (κ2) is 9.48. The van der Waals surface area contributed by atoms with Crippen molar-refractivity contribution in [2.45, 2.75) is 20.3 Å². The zero-order chi connectivity index (χ0) is 19.3. The molecular weight excluding hydrogens is 330 g/mol. The number of hydrogen-bond donors (Lipinski definition) is 1. The monoisotopic (exact) mass is 365 g/mol. The highest BCUT2D eigenvalue weighted by Gasteiger charge is 2.30. The van der Waals surface area contributed by atoms with Crippen molar-refractivity contribution in [2.75, 3.05) is 77.4 Å². The smallest absolute Gasteiger partial charge is 0.227 e. The van der Waals surface area contributed by atoms with Gasteiger partial charge in [-0.1, -0.05) is 0 Å². The number of piperidine rings is 1. The minimum Gasteiger partial charge on any atom is -0.396 e. The van der Waals surface area contributed by atoms with Crippen LogP contribution in [0.25, 0.3) is 0 Å². The van der Waals surface area contributed by atoms with E-state index in [1.54, 1.807) is 7.11 Å². The van der Waals surface area contributed by atoms with Gasteiger partial charge in [-0.15, -0.1) is 0 Å². The predicted octanol–water partition coefficient (Wildman–Crippen LogP) is 1.17. The summed E-state index contributed by atoms with van der Waals surface area (Å²) in [4.78, 5) is 16.0. The highest BCUT2D eigenvalue weighted by Crippen LogP contribution is 2.29. The Morgan fingerprint density at radius 1 is 1.15 bits per heavy atom. The molecular formula is C19H35N5O2. The van der Waals surface area contributed by atoms with Crippen LogP contribution in [0.3, 0.4) is 0 Å². The molecule has 2 heterocycles. The molecule has 1 N–H and O–H groups in total. The average molecular weight is 366 g/mol. The summed E-state index contributed by atoms with van der Waals surface area (Å²) in [5.41, 5.74) is 2.14. The third-order valence-corrected chi connectivity index (χ3v) is 5.18. The van der Waals surface area contributed by atoms with Crippen LogP contribution in [0.5, 0.6) is 0 Å². The highest BCUT2D eigenvalue weighted by molar-refractivity contribution is 5.52. The van der Waals surface area contributed by atoms with E-state index in [0.29, 0.717) is 5.92 Å². The van der Waals surface area contributed by atoms with Gasteiger partial charge in [0.2, 0.25) is 5.95 Å². The lowest BCUT2D eigenvalue weighted by atomic mass is 9.89. The van der Waals surface area contributed by atoms with Crippen LogP contribution in [-0.2, 0) is 4.74 Å². The number of nitrogens with zero attached hydrogens (tertiary/aromatic N) is 5. The fourth-order valence-corrected chi connectivity index (χ4v) is 3.64. The molecule has 0 saturated carbocycles. The summed E-state index contributed by atoms with van der Waals surface area (Å²) in [6.07, 6.45) is 1.05. The summed E-state index contributed by atoms with van der Waals surface area (Å²) < 4.78 is 5.19. The molecule has 1 aliphatic rings. The van der Waals surface area contributed by atoms with Gasteiger partial charge in [-0.05, 0) is 39.2 Å². The van der Waals surface area contributed by atoms with Crippen LogP contribution in [0, 0.1) is 25.7 Å². The van der Waals surface area contributed by atoms with Gasteiger partial charge in [-0.2, -0.15) is 4.98 Å². The predicted molar refractivity (Wildman–Crippen MR) is 106 cm³/mol. The second-order valence-electron chi connectivity index (χ2n) is 7.76. The number of aliphatic hydroxyl groups is 1. The molecule has 7 heteroatoms. The molecule has 0 amide bonds. The van der Waals surface area contributed by atoms with Crippen LogP contribution in [0.1, 0.15) is 17.7 Å². The van der Waals surface area contributed by atoms with Crippen molar-refractivity contribution in [3.63, 3.8) is 0 Å². The van der Waals surface area contributed by atoms with Crippen LogP contribution in [0.15, 0.2) is 0 Å². The minimum absolute atomic E-state index is 0.221. The molecule has 1 aromatic rings. The van der Waals surface area contributed by atoms with E-state index in [1.165, 1.54) is 0 Å². The van der Waals surface area contributed by atoms with E-state index in [4.69, 9.17) is 9.72 Å². The maximum atomic E-state index is 9.81. The van der Waals surface area contributed by atoms with E-state index in [1.807, 2.05) is 25.9 Å². The number of aromatic nitrogens is 2. The Bertz CT molecular complexity index is 581. The third-order valence-electron chi connectivity index (χ3n) is 5.18. The van der Waals surface area contributed by atoms with Crippen LogP contribution in [-0.4, -0.2) is 87.6 Å². The van der Waals surface area contributed by atoms with Crippen molar-refractivity contribution in [2.24, 2.45) is 11.8 Å². The van der Waals surface area contributed by atoms with E-state index in [-0.39, 0.29) is 12.5 Å². The first-order chi connectivity index (χ1) is 12.3. The van der Waals surface area contributed by atoms with Crippen LogP contribution >= 0.6 is 0 Å². The first-order valence-corrected chi connectivity index (χ1v) is 9.41. The summed E-state index contributed by atoms with van der Waals surface area (Å²) in [7, 11) is 7.80. The molecule has 0 unspecified atom stereocenters. The number of likely N-dealkylation sites (N-methyl/N-ethyl adjacent to an activating group) is 1. The van der Waals surface area contributed by atoms with Gasteiger partial charge in [-0.3, -0.25) is 0 Å². The molecule has 1 aromatic heterocycles. The van der Waals surface area contributed by atoms with E-state index in [0.717, 1.165) is 62.2 Å². The van der Waals surface area contributed by atoms with Crippen molar-refractivity contribution in [3.05, 3.63) is 11.3 Å². The van der Waals surface area contributed by atoms with Gasteiger partial charge in [0.1, 0.15) is 5.82 Å². The molecule has 7 nitrogen and oxygen atoms in total. The number of aliphatic hydroxyl groups excluding tert-OH is 1. The third kappa shape index (κ3) is 5.28. The lowest BCUT2D eigenvalue weighted by molar-refractivity contribution is 0.133. The summed E-state index contributed by atoms with van der Waals surface area (Å²) >= 11 is 0. The zero-order valence-corrected chi connectivity index (χ0v) is 17.2. The molecule has 1 saturated heterocycles. The van der Waals surface area contributed by atoms with Crippen LogP contribution in [0.4, 0.5) is 11.8 Å². The van der Waals surface area contributed by atoms with Crippen molar-refractivity contribution in [1.29, 1.82) is 0 Å². The maximum absolute atomic E-state index is 9.81. The van der Waals surface area contributed by atoms with Crippen LogP contribution < -0.4 is 9.80 Å². The second-order valence-corrected chi connectivity index (χ2v) is 7.76. The standard InChI is InChI=1S/C19H35N5O2/c1-14-15(2)20-19(22(3)4)21-18(14)24-11-16(9-17(12-24)13-25)10-23(5)7-8-26-6/h16-17,25H,7-13H2,1-6H3/t16-,17+/m0/s1. The van der Waals surface area contributed by atoms with Gasteiger partial charge < -0.3 is 24.5 Å². The van der Waals surface area contributed by atoms with Gasteiger partial charge in [0.05, 0.1) is 6.61 Å². The maximum Gasteiger partial charge on any atom is 0.227 e. The molecule has 0 aromatic carbocycles. The molecule has 148 valence electrons. The Hall–Kier alpha value is -1.44. The number of aryl methyl sites for hydroxylation is 1. The van der Waals surface area contributed by atoms with Crippen molar-refractivity contribution in [1.82, 2.24) is 14.9 Å². The normalized spacial score (nSPS) is 20.7. The van der Waals surface area contributed by atoms with Crippen LogP contribution in [0.2, 0.25) is 0 Å². The lowest BCUT2D eigenvalue weighted by Gasteiger charge is -2.40. The van der Waals surface area contributed by atoms with Gasteiger partial charge in [-0.25, -0.2) is 4.98 Å². The van der Waals surface area contributed by atoms with Gasteiger partial charge in [0.25, 0.3) is 0 Å². The molecule has 1 fully saturated rings. The number of hydrogen-bond acceptors (Lipinski definition) is 7. The fourth-order valence-electron chi connectivity index (χ4n) is 3.64. The summed E-state index contributed by atoms with van der Waals surface area (Å²) in [6, 6.07) is 0. The average Bonchev–Trinajstić information content (AvgIpc) is 2.61. The minimum atomic E-state index is 0.221. The molecule has 0 radical (unpaired) electrons. The Morgan fingerprint density at radius 2 is 1.85 bits per heavy atom. The van der Waals surface area contributed by atoms with Crippen molar-refractivity contribution >= 4 is 11.8 Å². The van der Waals surface area contributed by atoms with E-state index < -0.39 is 0 Å². The first-order valence-electron chi connectivity index (χ1n) is 9.41. The Morgan fingerprint density at radius 3 is 2.46 bits per heavy atom. The molecule has 1 aliphatic heterocycles. The van der Waals surface area contributed by atoms with E-state index in [2.05, 4.69) is 28.8 Å². The van der Waals surface area contributed by atoms with Crippen molar-refractivity contribution in [3.8, 4) is 0 Å². The highest BCUT2D eigenvalue weighted by atomic mass is 16.5.